The van der Waals surface area contributed by atoms with Gasteiger partial charge in [-0.3, -0.25) is 19.3 Å². The van der Waals surface area contributed by atoms with Crippen LogP contribution in [0.3, 0.4) is 0 Å². The van der Waals surface area contributed by atoms with E-state index in [-0.39, 0.29) is 36.5 Å². The monoisotopic (exact) mass is 778 g/mol. The lowest BCUT2D eigenvalue weighted by atomic mass is 9.77. The van der Waals surface area contributed by atoms with Crippen molar-refractivity contribution >= 4 is 23.9 Å². The van der Waals surface area contributed by atoms with Crippen molar-refractivity contribution in [3.05, 3.63) is 35.4 Å². The van der Waals surface area contributed by atoms with Gasteiger partial charge in [-0.25, -0.2) is 4.79 Å². The van der Waals surface area contributed by atoms with Crippen molar-refractivity contribution in [3.8, 4) is 0 Å². The second-order valence-corrected chi connectivity index (χ2v) is 16.7. The first-order valence-electron chi connectivity index (χ1n) is 19.4. The molecule has 0 amide bonds. The number of carboxylic acid groups (broad SMARTS) is 1. The van der Waals surface area contributed by atoms with Gasteiger partial charge in [-0.1, -0.05) is 39.0 Å². The van der Waals surface area contributed by atoms with Gasteiger partial charge >= 0.3 is 23.9 Å². The average Bonchev–Trinajstić information content (AvgIpc) is 3.08. The van der Waals surface area contributed by atoms with Gasteiger partial charge in [0.25, 0.3) is 0 Å². The van der Waals surface area contributed by atoms with Crippen LogP contribution < -0.4 is 0 Å². The smallest absolute Gasteiger partial charge is 0.335 e. The van der Waals surface area contributed by atoms with Crippen molar-refractivity contribution in [1.29, 1.82) is 0 Å². The van der Waals surface area contributed by atoms with Crippen LogP contribution in [0.1, 0.15) is 110 Å². The Hall–Kier alpha value is -3.14. The Labute approximate surface area is 326 Å². The molecular formula is C41H66N2O12. The number of hydrogen-bond acceptors (Lipinski definition) is 13. The van der Waals surface area contributed by atoms with Gasteiger partial charge in [0.1, 0.15) is 23.9 Å². The molecule has 2 aliphatic heterocycles. The molecule has 1 aromatic rings. The first kappa shape index (κ1) is 46.2. The maximum atomic E-state index is 14.1. The van der Waals surface area contributed by atoms with Crippen LogP contribution in [0.5, 0.6) is 0 Å². The quantitative estimate of drug-likeness (QED) is 0.252. The van der Waals surface area contributed by atoms with Gasteiger partial charge in [0, 0.05) is 38.4 Å². The van der Waals surface area contributed by atoms with Crippen molar-refractivity contribution in [2.45, 2.75) is 155 Å². The number of carbonyl (C=O) groups is 4. The van der Waals surface area contributed by atoms with Crippen LogP contribution in [0, 0.1) is 17.8 Å². The zero-order valence-electron chi connectivity index (χ0n) is 35.0. The van der Waals surface area contributed by atoms with E-state index >= 15 is 0 Å². The number of likely N-dealkylation sites (N-methyl/N-ethyl adjacent to an activating group) is 2. The largest absolute Gasteiger partial charge is 0.478 e. The number of ether oxygens (including phenoxy) is 5. The van der Waals surface area contributed by atoms with E-state index in [4.69, 9.17) is 23.7 Å². The molecule has 0 radical (unpaired) electrons. The van der Waals surface area contributed by atoms with Gasteiger partial charge in [0.15, 0.2) is 6.29 Å². The third-order valence-electron chi connectivity index (χ3n) is 11.6. The summed E-state index contributed by atoms with van der Waals surface area (Å²) in [6.45, 7) is 16.7. The molecule has 0 saturated carbocycles. The van der Waals surface area contributed by atoms with E-state index in [2.05, 4.69) is 0 Å². The Morgan fingerprint density at radius 2 is 1.58 bits per heavy atom. The predicted molar refractivity (Wildman–Crippen MR) is 204 cm³/mol. The molecule has 0 aliphatic carbocycles. The summed E-state index contributed by atoms with van der Waals surface area (Å²) in [5.41, 5.74) is -2.87. The highest BCUT2D eigenvalue weighted by Gasteiger charge is 2.52. The second kappa shape index (κ2) is 18.9. The molecule has 14 atom stereocenters. The summed E-state index contributed by atoms with van der Waals surface area (Å²) in [6, 6.07) is 5.93. The molecule has 3 rings (SSSR count). The number of hydrogen-bond donors (Lipinski definition) is 3. The molecule has 312 valence electrons. The van der Waals surface area contributed by atoms with Gasteiger partial charge < -0.3 is 43.9 Å². The van der Waals surface area contributed by atoms with Crippen molar-refractivity contribution in [2.24, 2.45) is 17.8 Å². The van der Waals surface area contributed by atoms with Crippen LogP contribution in [0.25, 0.3) is 0 Å². The molecule has 14 nitrogen and oxygen atoms in total. The van der Waals surface area contributed by atoms with Gasteiger partial charge in [0.05, 0.1) is 35.2 Å². The van der Waals surface area contributed by atoms with E-state index in [1.54, 1.807) is 52.0 Å². The topological polar surface area (TPSA) is 182 Å². The Bertz CT molecular complexity index is 1480. The summed E-state index contributed by atoms with van der Waals surface area (Å²) >= 11 is 0. The minimum Gasteiger partial charge on any atom is -0.478 e. The zero-order chi connectivity index (χ0) is 41.7. The van der Waals surface area contributed by atoms with Gasteiger partial charge in [-0.05, 0) is 92.6 Å². The summed E-state index contributed by atoms with van der Waals surface area (Å²) in [5, 5.41) is 34.9. The average molecular weight is 779 g/mol. The molecule has 0 bridgehead atoms. The summed E-state index contributed by atoms with van der Waals surface area (Å²) < 4.78 is 31.1. The lowest BCUT2D eigenvalue weighted by Crippen LogP contribution is -2.60. The van der Waals surface area contributed by atoms with Crippen LogP contribution in [0.2, 0.25) is 0 Å². The van der Waals surface area contributed by atoms with Crippen molar-refractivity contribution in [1.82, 2.24) is 9.80 Å². The van der Waals surface area contributed by atoms with Crippen molar-refractivity contribution < 1.29 is 58.2 Å². The number of benzene rings is 1. The van der Waals surface area contributed by atoms with E-state index in [1.807, 2.05) is 51.7 Å². The molecule has 55 heavy (non-hydrogen) atoms. The maximum Gasteiger partial charge on any atom is 0.335 e. The molecule has 0 spiro atoms. The summed E-state index contributed by atoms with van der Waals surface area (Å²) in [7, 11) is 5.65. The standard InChI is InChI=1S/C41H66N2O12/c1-14-32-41(10,50)36(53-28(8)45)26(6)43(13)21-22(2)20-40(9,49)35(24(4)34(52-27(7)44)25(5)38(48)54-32)55-39-33(31(42(11)12)19-23(3)51-39)29-17-15-16-18-30(29)37(46)47/h15-18,22-26,31-36,39,49-50H,14,19-21H2,1-13H3,(H,46,47)/t22-,23-,24+,25-,26-,31+,32-,33-,34+,35-,36-,39+,40-,41-/m1/s1. The molecule has 2 aliphatic rings. The number of aromatic carboxylic acids is 1. The molecule has 0 aromatic heterocycles. The van der Waals surface area contributed by atoms with Gasteiger partial charge in [-0.2, -0.15) is 0 Å². The highest BCUT2D eigenvalue weighted by Crippen LogP contribution is 2.42. The van der Waals surface area contributed by atoms with Crippen molar-refractivity contribution in [2.75, 3.05) is 27.7 Å². The van der Waals surface area contributed by atoms with Crippen LogP contribution in [0.4, 0.5) is 0 Å². The van der Waals surface area contributed by atoms with Crippen LogP contribution >= 0.6 is 0 Å². The molecule has 2 saturated heterocycles. The van der Waals surface area contributed by atoms with Crippen LogP contribution in [-0.2, 0) is 38.1 Å². The predicted octanol–water partition coefficient (Wildman–Crippen LogP) is 4.24. The fourth-order valence-electron chi connectivity index (χ4n) is 8.87. The van der Waals surface area contributed by atoms with Crippen molar-refractivity contribution in [3.63, 3.8) is 0 Å². The number of carbonyl (C=O) groups excluding carboxylic acids is 3. The summed E-state index contributed by atoms with van der Waals surface area (Å²) in [4.78, 5) is 55.7. The van der Waals surface area contributed by atoms with Crippen LogP contribution in [0.15, 0.2) is 24.3 Å². The highest BCUT2D eigenvalue weighted by atomic mass is 16.7. The van der Waals surface area contributed by atoms with E-state index in [0.29, 0.717) is 18.5 Å². The number of rotatable bonds is 8. The maximum absolute atomic E-state index is 14.1. The zero-order valence-corrected chi connectivity index (χ0v) is 35.0. The van der Waals surface area contributed by atoms with Crippen LogP contribution in [-0.4, -0.2) is 137 Å². The molecule has 0 unspecified atom stereocenters. The highest BCUT2D eigenvalue weighted by molar-refractivity contribution is 5.89. The molecular weight excluding hydrogens is 712 g/mol. The Balaban J connectivity index is 2.25. The third-order valence-corrected chi connectivity index (χ3v) is 11.6. The molecule has 1 aromatic carbocycles. The van der Waals surface area contributed by atoms with E-state index < -0.39 is 89.6 Å². The van der Waals surface area contributed by atoms with E-state index in [0.717, 1.165) is 0 Å². The summed E-state index contributed by atoms with van der Waals surface area (Å²) in [5.74, 6) is -5.99. The third kappa shape index (κ3) is 11.0. The molecule has 3 N–H and O–H groups in total. The first-order valence-corrected chi connectivity index (χ1v) is 19.4. The number of cyclic esters (lactones) is 1. The fourth-order valence-corrected chi connectivity index (χ4v) is 8.87. The Morgan fingerprint density at radius 3 is 2.13 bits per heavy atom. The summed E-state index contributed by atoms with van der Waals surface area (Å²) in [6.07, 6.45) is -5.04. The number of carboxylic acids is 1. The lowest BCUT2D eigenvalue weighted by molar-refractivity contribution is -0.275. The number of aliphatic hydroxyl groups is 2. The minimum absolute atomic E-state index is 0.0985. The normalized spacial score (nSPS) is 38.7. The van der Waals surface area contributed by atoms with E-state index in [9.17, 15) is 34.5 Å². The van der Waals surface area contributed by atoms with Gasteiger partial charge in [-0.15, -0.1) is 0 Å². The number of esters is 3. The first-order chi connectivity index (χ1) is 25.4. The van der Waals surface area contributed by atoms with E-state index in [1.165, 1.54) is 20.8 Å². The Morgan fingerprint density at radius 1 is 0.982 bits per heavy atom. The molecule has 2 heterocycles. The lowest BCUT2D eigenvalue weighted by Gasteiger charge is -2.48. The second-order valence-electron chi connectivity index (χ2n) is 16.7. The number of nitrogens with zero attached hydrogens (tertiary/aromatic N) is 2. The molecule has 2 fully saturated rings. The fraction of sp³-hybridized carbons (Fsp3) is 0.756. The SMILES string of the molecule is CC[C@H]1OC(=O)[C@H](C)[C@@H](OC(C)=O)[C@H](C)[C@@H](O[C@@H]2O[C@H](C)C[C@H](N(C)C)[C@H]2c2ccccc2C(=O)O)[C@](C)(O)C[C@@H](C)CN(C)[C@H](C)[C@@H](OC(C)=O)[C@]1(C)O. The van der Waals surface area contributed by atoms with Gasteiger partial charge in [0.2, 0.25) is 0 Å². The Kier molecular flexibility index (Phi) is 15.9. The minimum atomic E-state index is -1.83. The molecule has 14 heteroatoms.